The van der Waals surface area contributed by atoms with Crippen LogP contribution in [-0.2, 0) is 9.59 Å². The van der Waals surface area contributed by atoms with Crippen molar-refractivity contribution in [1.29, 1.82) is 0 Å². The first-order valence-electron chi connectivity index (χ1n) is 7.42. The molecule has 2 aliphatic rings. The number of carboxylic acids is 1. The molecule has 118 valence electrons. The number of nitrogens with one attached hydrogen (secondary N) is 1. The van der Waals surface area contributed by atoms with Crippen LogP contribution >= 0.6 is 0 Å². The lowest BCUT2D eigenvalue weighted by Gasteiger charge is -2.38. The zero-order valence-corrected chi connectivity index (χ0v) is 12.5. The van der Waals surface area contributed by atoms with Gasteiger partial charge in [-0.3, -0.25) is 9.59 Å². The minimum atomic E-state index is -0.752. The van der Waals surface area contributed by atoms with Crippen molar-refractivity contribution in [3.05, 3.63) is 0 Å². The Labute approximate surface area is 124 Å². The van der Waals surface area contributed by atoms with E-state index in [0.29, 0.717) is 32.2 Å². The predicted molar refractivity (Wildman–Crippen MR) is 75.7 cm³/mol. The second kappa shape index (κ2) is 6.32. The molecule has 0 aromatic rings. The summed E-state index contributed by atoms with van der Waals surface area (Å²) in [5, 5.41) is 11.9. The Morgan fingerprint density at radius 2 is 1.86 bits per heavy atom. The standard InChI is InChI=1S/C14H23N3O4/c1-9-7-17(8-12(18)16(9)2)14(21)15-11-5-3-10(4-6-11)13(19)20/h9-11H,3-8H2,1-2H3,(H,15,21)(H,19,20). The minimum absolute atomic E-state index is 0.0122. The van der Waals surface area contributed by atoms with Gasteiger partial charge in [-0.2, -0.15) is 0 Å². The van der Waals surface area contributed by atoms with Crippen molar-refractivity contribution in [3.63, 3.8) is 0 Å². The summed E-state index contributed by atoms with van der Waals surface area (Å²) >= 11 is 0. The molecule has 1 saturated carbocycles. The highest BCUT2D eigenvalue weighted by Crippen LogP contribution is 2.24. The van der Waals surface area contributed by atoms with Crippen LogP contribution in [-0.4, -0.2) is 65.0 Å². The summed E-state index contributed by atoms with van der Waals surface area (Å²) in [7, 11) is 1.75. The maximum absolute atomic E-state index is 12.2. The van der Waals surface area contributed by atoms with E-state index in [1.54, 1.807) is 11.9 Å². The number of carbonyl (C=O) groups excluding carboxylic acids is 2. The van der Waals surface area contributed by atoms with E-state index in [2.05, 4.69) is 5.32 Å². The van der Waals surface area contributed by atoms with E-state index in [0.717, 1.165) is 0 Å². The van der Waals surface area contributed by atoms with Gasteiger partial charge in [-0.05, 0) is 32.6 Å². The van der Waals surface area contributed by atoms with Gasteiger partial charge in [0.1, 0.15) is 6.54 Å². The molecular weight excluding hydrogens is 274 g/mol. The Morgan fingerprint density at radius 1 is 1.24 bits per heavy atom. The van der Waals surface area contributed by atoms with Gasteiger partial charge in [0.25, 0.3) is 0 Å². The average Bonchev–Trinajstić information content (AvgIpc) is 2.44. The maximum atomic E-state index is 12.2. The number of nitrogens with zero attached hydrogens (tertiary/aromatic N) is 2. The highest BCUT2D eigenvalue weighted by atomic mass is 16.4. The van der Waals surface area contributed by atoms with Crippen LogP contribution in [0.15, 0.2) is 0 Å². The number of carboxylic acid groups (broad SMARTS) is 1. The molecule has 7 heteroatoms. The van der Waals surface area contributed by atoms with Crippen molar-refractivity contribution in [2.24, 2.45) is 5.92 Å². The van der Waals surface area contributed by atoms with E-state index in [1.165, 1.54) is 4.90 Å². The summed E-state index contributed by atoms with van der Waals surface area (Å²) in [5.74, 6) is -1.10. The monoisotopic (exact) mass is 297 g/mol. The van der Waals surface area contributed by atoms with Gasteiger partial charge < -0.3 is 20.2 Å². The largest absolute Gasteiger partial charge is 0.481 e. The van der Waals surface area contributed by atoms with Gasteiger partial charge in [-0.15, -0.1) is 0 Å². The number of likely N-dealkylation sites (N-methyl/N-ethyl adjacent to an activating group) is 1. The van der Waals surface area contributed by atoms with Gasteiger partial charge in [0.15, 0.2) is 0 Å². The van der Waals surface area contributed by atoms with Crippen molar-refractivity contribution in [2.45, 2.75) is 44.7 Å². The zero-order chi connectivity index (χ0) is 15.6. The summed E-state index contributed by atoms with van der Waals surface area (Å²) in [6.45, 7) is 2.55. The van der Waals surface area contributed by atoms with Crippen LogP contribution in [0.25, 0.3) is 0 Å². The minimum Gasteiger partial charge on any atom is -0.481 e. The number of carbonyl (C=O) groups is 3. The van der Waals surface area contributed by atoms with Crippen molar-refractivity contribution < 1.29 is 19.5 Å². The molecule has 0 bridgehead atoms. The Balaban J connectivity index is 1.83. The third-order valence-corrected chi connectivity index (χ3v) is 4.56. The molecule has 1 aliphatic heterocycles. The summed E-state index contributed by atoms with van der Waals surface area (Å²) < 4.78 is 0. The molecule has 21 heavy (non-hydrogen) atoms. The number of rotatable bonds is 2. The average molecular weight is 297 g/mol. The maximum Gasteiger partial charge on any atom is 0.318 e. The summed E-state index contributed by atoms with van der Waals surface area (Å²) in [5.41, 5.74) is 0. The summed E-state index contributed by atoms with van der Waals surface area (Å²) in [4.78, 5) is 38.1. The number of urea groups is 1. The molecule has 0 radical (unpaired) electrons. The van der Waals surface area contributed by atoms with Crippen LogP contribution in [0.4, 0.5) is 4.79 Å². The van der Waals surface area contributed by atoms with Gasteiger partial charge in [-0.1, -0.05) is 0 Å². The van der Waals surface area contributed by atoms with Crippen molar-refractivity contribution in [3.8, 4) is 0 Å². The third-order valence-electron chi connectivity index (χ3n) is 4.56. The fourth-order valence-corrected chi connectivity index (χ4v) is 2.93. The predicted octanol–water partition coefficient (Wildman–Crippen LogP) is 0.502. The Kier molecular flexibility index (Phi) is 4.69. The van der Waals surface area contributed by atoms with E-state index in [-0.39, 0.29) is 36.5 Å². The van der Waals surface area contributed by atoms with Crippen LogP contribution in [0.2, 0.25) is 0 Å². The molecule has 1 saturated heterocycles. The fourth-order valence-electron chi connectivity index (χ4n) is 2.93. The molecule has 2 N–H and O–H groups in total. The van der Waals surface area contributed by atoms with Crippen LogP contribution in [0.3, 0.4) is 0 Å². The molecule has 0 spiro atoms. The Morgan fingerprint density at radius 3 is 2.38 bits per heavy atom. The van der Waals surface area contributed by atoms with Crippen molar-refractivity contribution >= 4 is 17.9 Å². The van der Waals surface area contributed by atoms with Gasteiger partial charge >= 0.3 is 12.0 Å². The van der Waals surface area contributed by atoms with E-state index >= 15 is 0 Å². The second-order valence-corrected chi connectivity index (χ2v) is 6.07. The van der Waals surface area contributed by atoms with Gasteiger partial charge in [0, 0.05) is 25.7 Å². The summed E-state index contributed by atoms with van der Waals surface area (Å²) in [6, 6.07) is -0.194. The molecule has 0 aromatic heterocycles. The number of aliphatic carboxylic acids is 1. The van der Waals surface area contributed by atoms with Gasteiger partial charge in [0.2, 0.25) is 5.91 Å². The molecule has 1 heterocycles. The van der Waals surface area contributed by atoms with E-state index in [9.17, 15) is 14.4 Å². The molecule has 1 atom stereocenters. The van der Waals surface area contributed by atoms with Crippen LogP contribution in [0.5, 0.6) is 0 Å². The number of hydrogen-bond acceptors (Lipinski definition) is 3. The van der Waals surface area contributed by atoms with Crippen molar-refractivity contribution in [2.75, 3.05) is 20.1 Å². The first-order valence-corrected chi connectivity index (χ1v) is 7.42. The highest BCUT2D eigenvalue weighted by Gasteiger charge is 2.32. The SMILES string of the molecule is CC1CN(C(=O)NC2CCC(C(=O)O)CC2)CC(=O)N1C. The van der Waals surface area contributed by atoms with Crippen LogP contribution in [0, 0.1) is 5.92 Å². The third kappa shape index (κ3) is 3.65. The molecular formula is C14H23N3O4. The highest BCUT2D eigenvalue weighted by molar-refractivity contribution is 5.85. The molecule has 7 nitrogen and oxygen atoms in total. The fraction of sp³-hybridized carbons (Fsp3) is 0.786. The topological polar surface area (TPSA) is 90.0 Å². The van der Waals surface area contributed by atoms with Gasteiger partial charge in [-0.25, -0.2) is 4.79 Å². The Hall–Kier alpha value is -1.79. The lowest BCUT2D eigenvalue weighted by Crippen LogP contribution is -2.58. The number of amides is 3. The quantitative estimate of drug-likeness (QED) is 0.776. The van der Waals surface area contributed by atoms with Gasteiger partial charge in [0.05, 0.1) is 5.92 Å². The van der Waals surface area contributed by atoms with Crippen LogP contribution in [0.1, 0.15) is 32.6 Å². The second-order valence-electron chi connectivity index (χ2n) is 6.07. The lowest BCUT2D eigenvalue weighted by atomic mass is 9.86. The number of hydrogen-bond donors (Lipinski definition) is 2. The van der Waals surface area contributed by atoms with Crippen LogP contribution < -0.4 is 5.32 Å². The normalized spacial score (nSPS) is 30.2. The molecule has 0 aromatic carbocycles. The molecule has 2 fully saturated rings. The van der Waals surface area contributed by atoms with Crippen molar-refractivity contribution in [1.82, 2.24) is 15.1 Å². The first-order chi connectivity index (χ1) is 9.88. The first kappa shape index (κ1) is 15.6. The smallest absolute Gasteiger partial charge is 0.318 e. The molecule has 2 rings (SSSR count). The molecule has 1 aliphatic carbocycles. The van der Waals surface area contributed by atoms with E-state index in [1.807, 2.05) is 6.92 Å². The van der Waals surface area contributed by atoms with E-state index < -0.39 is 5.97 Å². The lowest BCUT2D eigenvalue weighted by molar-refractivity contribution is -0.143. The summed E-state index contributed by atoms with van der Waals surface area (Å²) in [6.07, 6.45) is 2.55. The zero-order valence-electron chi connectivity index (χ0n) is 12.5. The Bertz CT molecular complexity index is 432. The number of piperazine rings is 1. The molecule has 3 amide bonds. The molecule has 1 unspecified atom stereocenters. The van der Waals surface area contributed by atoms with E-state index in [4.69, 9.17) is 5.11 Å².